The van der Waals surface area contributed by atoms with Crippen molar-refractivity contribution in [3.63, 3.8) is 0 Å². The summed E-state index contributed by atoms with van der Waals surface area (Å²) in [5.74, 6) is 0.291. The Bertz CT molecular complexity index is 445. The second-order valence-corrected chi connectivity index (χ2v) is 5.67. The number of nitrogens with zero attached hydrogens (tertiary/aromatic N) is 1. The molecule has 1 aromatic rings. The van der Waals surface area contributed by atoms with Crippen molar-refractivity contribution < 1.29 is 17.7 Å². The van der Waals surface area contributed by atoms with E-state index in [1.54, 1.807) is 13.8 Å². The highest BCUT2D eigenvalue weighted by Crippen LogP contribution is 2.18. The van der Waals surface area contributed by atoms with Gasteiger partial charge in [0.25, 0.3) is 0 Å². The molecule has 0 amide bonds. The number of hydrogen-bond acceptors (Lipinski definition) is 5. The number of ether oxygens (including phenoxy) is 1. The molecule has 0 aromatic carbocycles. The summed E-state index contributed by atoms with van der Waals surface area (Å²) >= 11 is 0. The molecule has 17 heavy (non-hydrogen) atoms. The normalized spacial score (nSPS) is 12.3. The Hall–Kier alpha value is -0.920. The van der Waals surface area contributed by atoms with Crippen molar-refractivity contribution in [1.82, 2.24) is 9.88 Å². The largest absolute Gasteiger partial charge is 0.377 e. The quantitative estimate of drug-likeness (QED) is 0.773. The lowest BCUT2D eigenvalue weighted by Gasteiger charge is -2.08. The van der Waals surface area contributed by atoms with Crippen molar-refractivity contribution in [1.29, 1.82) is 0 Å². The molecule has 0 aliphatic heterocycles. The third kappa shape index (κ3) is 3.79. The highest BCUT2D eigenvalue weighted by molar-refractivity contribution is 7.89. The van der Waals surface area contributed by atoms with Gasteiger partial charge in [0.1, 0.15) is 10.6 Å². The molecule has 0 saturated carbocycles. The minimum atomic E-state index is -3.56. The lowest BCUT2D eigenvalue weighted by Crippen LogP contribution is -2.28. The van der Waals surface area contributed by atoms with Gasteiger partial charge in [-0.3, -0.25) is 0 Å². The Labute approximate surface area is 101 Å². The van der Waals surface area contributed by atoms with Gasteiger partial charge in [0.05, 0.1) is 12.7 Å². The molecule has 0 atom stereocenters. The lowest BCUT2D eigenvalue weighted by atomic mass is 10.4. The van der Waals surface area contributed by atoms with Gasteiger partial charge in [-0.15, -0.1) is 0 Å². The van der Waals surface area contributed by atoms with Crippen molar-refractivity contribution in [2.24, 2.45) is 0 Å². The fourth-order valence-corrected chi connectivity index (χ4v) is 2.74. The van der Waals surface area contributed by atoms with Crippen LogP contribution in [0, 0.1) is 13.8 Å². The van der Waals surface area contributed by atoms with E-state index in [1.165, 1.54) is 0 Å². The van der Waals surface area contributed by atoms with Crippen molar-refractivity contribution >= 4 is 10.0 Å². The van der Waals surface area contributed by atoms with E-state index in [4.69, 9.17) is 9.26 Å². The average molecular weight is 262 g/mol. The minimum Gasteiger partial charge on any atom is -0.377 e. The van der Waals surface area contributed by atoms with Gasteiger partial charge >= 0.3 is 0 Å². The molecule has 0 spiro atoms. The highest BCUT2D eigenvalue weighted by Gasteiger charge is 2.23. The Morgan fingerprint density at radius 1 is 1.41 bits per heavy atom. The molecule has 0 aliphatic carbocycles. The van der Waals surface area contributed by atoms with E-state index in [9.17, 15) is 8.42 Å². The first-order valence-corrected chi connectivity index (χ1v) is 6.87. The van der Waals surface area contributed by atoms with Crippen LogP contribution in [-0.4, -0.2) is 32.8 Å². The van der Waals surface area contributed by atoms with Gasteiger partial charge in [-0.1, -0.05) is 5.16 Å². The van der Waals surface area contributed by atoms with Crippen molar-refractivity contribution in [2.45, 2.75) is 38.7 Å². The maximum Gasteiger partial charge on any atom is 0.246 e. The van der Waals surface area contributed by atoms with Gasteiger partial charge in [-0.2, -0.15) is 0 Å². The van der Waals surface area contributed by atoms with E-state index in [1.807, 2.05) is 13.8 Å². The van der Waals surface area contributed by atoms with Gasteiger partial charge in [0.15, 0.2) is 5.76 Å². The topological polar surface area (TPSA) is 81.4 Å². The van der Waals surface area contributed by atoms with Crippen LogP contribution in [0.1, 0.15) is 25.3 Å². The fraction of sp³-hybridized carbons (Fsp3) is 0.700. The molecule has 0 bridgehead atoms. The van der Waals surface area contributed by atoms with Crippen LogP contribution in [0.25, 0.3) is 0 Å². The number of aryl methyl sites for hydroxylation is 2. The van der Waals surface area contributed by atoms with Crippen LogP contribution in [0.3, 0.4) is 0 Å². The summed E-state index contributed by atoms with van der Waals surface area (Å²) in [7, 11) is -3.56. The summed E-state index contributed by atoms with van der Waals surface area (Å²) in [6, 6.07) is 0. The van der Waals surface area contributed by atoms with Crippen molar-refractivity contribution in [3.05, 3.63) is 11.5 Å². The zero-order valence-electron chi connectivity index (χ0n) is 10.5. The van der Waals surface area contributed by atoms with Gasteiger partial charge in [0, 0.05) is 6.54 Å². The molecule has 0 unspecified atom stereocenters. The van der Waals surface area contributed by atoms with Crippen LogP contribution in [0.2, 0.25) is 0 Å². The SMILES string of the molecule is Cc1noc(C)c1S(=O)(=O)NCCOC(C)C. The van der Waals surface area contributed by atoms with Gasteiger partial charge in [0.2, 0.25) is 10.0 Å². The van der Waals surface area contributed by atoms with E-state index < -0.39 is 10.0 Å². The minimum absolute atomic E-state index is 0.0820. The standard InChI is InChI=1S/C10H18N2O4S/c1-7(2)15-6-5-11-17(13,14)10-8(3)12-16-9(10)4/h7,11H,5-6H2,1-4H3. The van der Waals surface area contributed by atoms with Crippen molar-refractivity contribution in [2.75, 3.05) is 13.2 Å². The molecular formula is C10H18N2O4S. The van der Waals surface area contributed by atoms with E-state index in [0.717, 1.165) is 0 Å². The Morgan fingerprint density at radius 2 is 2.06 bits per heavy atom. The third-order valence-corrected chi connectivity index (χ3v) is 3.79. The highest BCUT2D eigenvalue weighted by atomic mass is 32.2. The van der Waals surface area contributed by atoms with Gasteiger partial charge in [-0.25, -0.2) is 13.1 Å². The Morgan fingerprint density at radius 3 is 2.53 bits per heavy atom. The predicted molar refractivity (Wildman–Crippen MR) is 62.3 cm³/mol. The summed E-state index contributed by atoms with van der Waals surface area (Å²) < 4.78 is 36.3. The second-order valence-electron chi connectivity index (χ2n) is 3.97. The Kier molecular flexibility index (Phi) is 4.67. The van der Waals surface area contributed by atoms with Crippen molar-refractivity contribution in [3.8, 4) is 0 Å². The average Bonchev–Trinajstić information content (AvgIpc) is 2.53. The molecule has 7 heteroatoms. The summed E-state index contributed by atoms with van der Waals surface area (Å²) in [5, 5.41) is 3.61. The summed E-state index contributed by atoms with van der Waals surface area (Å²) in [4.78, 5) is 0.113. The van der Waals surface area contributed by atoms with Crippen LogP contribution in [0.15, 0.2) is 9.42 Å². The van der Waals surface area contributed by atoms with Crippen LogP contribution in [-0.2, 0) is 14.8 Å². The molecular weight excluding hydrogens is 244 g/mol. The molecule has 0 saturated heterocycles. The molecule has 1 N–H and O–H groups in total. The fourth-order valence-electron chi connectivity index (χ4n) is 1.40. The monoisotopic (exact) mass is 262 g/mol. The van der Waals surface area contributed by atoms with E-state index in [2.05, 4.69) is 9.88 Å². The van der Waals surface area contributed by atoms with Gasteiger partial charge in [-0.05, 0) is 27.7 Å². The maximum atomic E-state index is 11.9. The van der Waals surface area contributed by atoms with Crippen LogP contribution < -0.4 is 4.72 Å². The number of sulfonamides is 1. The number of hydrogen-bond donors (Lipinski definition) is 1. The second kappa shape index (κ2) is 5.61. The van der Waals surface area contributed by atoms with Crippen LogP contribution in [0.4, 0.5) is 0 Å². The summed E-state index contributed by atoms with van der Waals surface area (Å²) in [6.45, 7) is 7.51. The molecule has 1 rings (SSSR count). The molecule has 1 heterocycles. The summed E-state index contributed by atoms with van der Waals surface area (Å²) in [5.41, 5.74) is 0.361. The Balaban J connectivity index is 2.64. The zero-order valence-corrected chi connectivity index (χ0v) is 11.3. The van der Waals surface area contributed by atoms with E-state index >= 15 is 0 Å². The molecule has 1 aromatic heterocycles. The number of rotatable bonds is 6. The summed E-state index contributed by atoms with van der Waals surface area (Å²) in [6.07, 6.45) is 0.0820. The maximum absolute atomic E-state index is 11.9. The number of nitrogens with one attached hydrogen (secondary N) is 1. The van der Waals surface area contributed by atoms with Crippen LogP contribution in [0.5, 0.6) is 0 Å². The van der Waals surface area contributed by atoms with E-state index in [-0.39, 0.29) is 17.5 Å². The molecule has 0 fully saturated rings. The third-order valence-electron chi connectivity index (χ3n) is 2.08. The molecule has 6 nitrogen and oxygen atoms in total. The molecule has 0 radical (unpaired) electrons. The first-order valence-electron chi connectivity index (χ1n) is 5.38. The smallest absolute Gasteiger partial charge is 0.246 e. The van der Waals surface area contributed by atoms with E-state index in [0.29, 0.717) is 18.1 Å². The van der Waals surface area contributed by atoms with Gasteiger partial charge < -0.3 is 9.26 Å². The number of aromatic nitrogens is 1. The molecule has 98 valence electrons. The molecule has 0 aliphatic rings. The first kappa shape index (κ1) is 14.1. The zero-order chi connectivity index (χ0) is 13.1. The van der Waals surface area contributed by atoms with Crippen LogP contribution >= 0.6 is 0 Å². The lowest BCUT2D eigenvalue weighted by molar-refractivity contribution is 0.0834. The first-order chi connectivity index (χ1) is 7.84. The predicted octanol–water partition coefficient (Wildman–Crippen LogP) is 0.995.